The summed E-state index contributed by atoms with van der Waals surface area (Å²) in [6, 6.07) is 19.2. The number of hydrogen-bond donors (Lipinski definition) is 1. The molecule has 0 saturated carbocycles. The zero-order valence-corrected chi connectivity index (χ0v) is 16.2. The molecule has 7 heteroatoms. The molecule has 2 fully saturated rings. The number of esters is 1. The van der Waals surface area contributed by atoms with Crippen LogP contribution in [0.1, 0.15) is 18.8 Å². The molecule has 2 saturated heterocycles. The van der Waals surface area contributed by atoms with E-state index in [0.29, 0.717) is 0 Å². The highest BCUT2D eigenvalue weighted by atomic mass is 32.2. The number of aliphatic hydroxyl groups is 1. The minimum absolute atomic E-state index is 0.278. The molecule has 28 heavy (non-hydrogen) atoms. The fourth-order valence-electron chi connectivity index (χ4n) is 3.39. The second-order valence-corrected chi connectivity index (χ2v) is 7.89. The van der Waals surface area contributed by atoms with Crippen molar-refractivity contribution < 1.29 is 28.8 Å². The number of thioether (sulfide) groups is 1. The van der Waals surface area contributed by atoms with E-state index in [-0.39, 0.29) is 6.61 Å². The number of rotatable bonds is 4. The molecule has 0 bridgehead atoms. The summed E-state index contributed by atoms with van der Waals surface area (Å²) in [5.74, 6) is -0.476. The molecule has 0 amide bonds. The van der Waals surface area contributed by atoms with Crippen molar-refractivity contribution in [2.45, 2.75) is 48.0 Å². The van der Waals surface area contributed by atoms with Crippen molar-refractivity contribution in [1.82, 2.24) is 0 Å². The van der Waals surface area contributed by atoms with Crippen molar-refractivity contribution >= 4 is 17.7 Å². The van der Waals surface area contributed by atoms with Gasteiger partial charge in [-0.2, -0.15) is 0 Å². The van der Waals surface area contributed by atoms with Crippen LogP contribution in [0.3, 0.4) is 0 Å². The van der Waals surface area contributed by atoms with Crippen molar-refractivity contribution in [3.63, 3.8) is 0 Å². The third kappa shape index (κ3) is 4.24. The minimum Gasteiger partial charge on any atom is -0.456 e. The van der Waals surface area contributed by atoms with Gasteiger partial charge in [0.25, 0.3) is 0 Å². The molecular formula is C21H22O6S. The van der Waals surface area contributed by atoms with Gasteiger partial charge in [-0.05, 0) is 12.1 Å². The predicted molar refractivity (Wildman–Crippen MR) is 103 cm³/mol. The number of aliphatic hydroxyl groups excluding tert-OH is 1. The van der Waals surface area contributed by atoms with E-state index >= 15 is 0 Å². The van der Waals surface area contributed by atoms with Crippen molar-refractivity contribution in [3.8, 4) is 0 Å². The largest absolute Gasteiger partial charge is 0.456 e. The number of fused-ring (bicyclic) bond motifs is 1. The molecule has 2 heterocycles. The Labute approximate surface area is 167 Å². The topological polar surface area (TPSA) is 74.2 Å². The molecule has 2 aromatic carbocycles. The van der Waals surface area contributed by atoms with E-state index in [9.17, 15) is 9.90 Å². The van der Waals surface area contributed by atoms with Gasteiger partial charge in [0.05, 0.1) is 6.61 Å². The van der Waals surface area contributed by atoms with Gasteiger partial charge < -0.3 is 24.1 Å². The van der Waals surface area contributed by atoms with Crippen LogP contribution in [-0.2, 0) is 23.7 Å². The summed E-state index contributed by atoms with van der Waals surface area (Å²) >= 11 is 1.40. The normalized spacial score (nSPS) is 32.4. The number of benzene rings is 2. The van der Waals surface area contributed by atoms with Gasteiger partial charge in [0.1, 0.15) is 23.7 Å². The predicted octanol–water partition coefficient (Wildman–Crippen LogP) is 2.91. The molecular weight excluding hydrogens is 380 g/mol. The summed E-state index contributed by atoms with van der Waals surface area (Å²) in [6.07, 6.45) is -3.59. The number of carbonyl (C=O) groups is 1. The quantitative estimate of drug-likeness (QED) is 0.788. The van der Waals surface area contributed by atoms with Crippen molar-refractivity contribution in [3.05, 3.63) is 66.2 Å². The molecule has 2 aromatic rings. The van der Waals surface area contributed by atoms with Crippen LogP contribution < -0.4 is 0 Å². The second-order valence-electron chi connectivity index (χ2n) is 6.72. The molecule has 6 nitrogen and oxygen atoms in total. The maximum atomic E-state index is 11.6. The molecule has 1 unspecified atom stereocenters. The highest BCUT2D eigenvalue weighted by molar-refractivity contribution is 7.99. The van der Waals surface area contributed by atoms with E-state index in [1.54, 1.807) is 0 Å². The summed E-state index contributed by atoms with van der Waals surface area (Å²) in [5, 5.41) is 11.0. The van der Waals surface area contributed by atoms with Gasteiger partial charge >= 0.3 is 5.97 Å². The first-order chi connectivity index (χ1) is 13.6. The highest BCUT2D eigenvalue weighted by Gasteiger charge is 2.51. The third-order valence-electron chi connectivity index (χ3n) is 4.68. The fraction of sp³-hybridized carbons (Fsp3) is 0.381. The molecule has 0 aliphatic carbocycles. The molecule has 4 rings (SSSR count). The molecule has 2 aliphatic rings. The highest BCUT2D eigenvalue weighted by Crippen LogP contribution is 2.39. The Morgan fingerprint density at radius 3 is 2.43 bits per heavy atom. The Morgan fingerprint density at radius 2 is 1.75 bits per heavy atom. The van der Waals surface area contributed by atoms with Crippen LogP contribution in [0.25, 0.3) is 0 Å². The van der Waals surface area contributed by atoms with Crippen LogP contribution in [0.15, 0.2) is 65.6 Å². The van der Waals surface area contributed by atoms with Crippen LogP contribution in [-0.4, -0.2) is 47.5 Å². The number of carbonyl (C=O) groups excluding carboxylic acids is 1. The van der Waals surface area contributed by atoms with Gasteiger partial charge in [-0.15, -0.1) is 0 Å². The SMILES string of the molecule is CC(=O)O[C@@H]1[C@H](O)[C@H]2OC(c3ccccc3)OC[C@H]2O[C@H]1Sc1ccccc1. The van der Waals surface area contributed by atoms with E-state index in [1.807, 2.05) is 60.7 Å². The fourth-order valence-corrected chi connectivity index (χ4v) is 4.52. The van der Waals surface area contributed by atoms with Gasteiger partial charge in [-0.25, -0.2) is 0 Å². The first-order valence-electron chi connectivity index (χ1n) is 9.16. The Kier molecular flexibility index (Phi) is 5.99. The van der Waals surface area contributed by atoms with Gasteiger partial charge in [0.15, 0.2) is 12.4 Å². The van der Waals surface area contributed by atoms with E-state index in [4.69, 9.17) is 18.9 Å². The summed E-state index contributed by atoms with van der Waals surface area (Å²) < 4.78 is 23.4. The minimum atomic E-state index is -1.03. The first kappa shape index (κ1) is 19.4. The maximum absolute atomic E-state index is 11.6. The lowest BCUT2D eigenvalue weighted by Crippen LogP contribution is -2.61. The first-order valence-corrected chi connectivity index (χ1v) is 10.0. The standard InChI is InChI=1S/C21H22O6S/c1-13(22)25-19-17(23)18-16(26-21(19)28-15-10-6-3-7-11-15)12-24-20(27-18)14-8-4-2-5-9-14/h2-11,16-21,23H,12H2,1H3/t16-,17-,18+,19-,20?,21+/m1/s1. The summed E-state index contributed by atoms with van der Waals surface area (Å²) in [6.45, 7) is 1.60. The zero-order valence-electron chi connectivity index (χ0n) is 15.3. The molecule has 6 atom stereocenters. The van der Waals surface area contributed by atoms with E-state index in [1.165, 1.54) is 18.7 Å². The molecule has 0 aromatic heterocycles. The molecule has 148 valence electrons. The lowest BCUT2D eigenvalue weighted by atomic mass is 9.98. The lowest BCUT2D eigenvalue weighted by molar-refractivity contribution is -0.319. The zero-order chi connectivity index (χ0) is 19.5. The summed E-state index contributed by atoms with van der Waals surface area (Å²) in [5.41, 5.74) is 0.293. The number of ether oxygens (including phenoxy) is 4. The van der Waals surface area contributed by atoms with E-state index in [2.05, 4.69) is 0 Å². The van der Waals surface area contributed by atoms with Crippen molar-refractivity contribution in [2.24, 2.45) is 0 Å². The van der Waals surface area contributed by atoms with Crippen molar-refractivity contribution in [2.75, 3.05) is 6.61 Å². The van der Waals surface area contributed by atoms with E-state index < -0.39 is 42.1 Å². The van der Waals surface area contributed by atoms with Gasteiger partial charge in [-0.1, -0.05) is 60.3 Å². The Balaban J connectivity index is 1.53. The molecule has 1 N–H and O–H groups in total. The van der Waals surface area contributed by atoms with Gasteiger partial charge in [-0.3, -0.25) is 4.79 Å². The monoisotopic (exact) mass is 402 g/mol. The average molecular weight is 402 g/mol. The third-order valence-corrected chi connectivity index (χ3v) is 5.83. The maximum Gasteiger partial charge on any atom is 0.303 e. The number of hydrogen-bond acceptors (Lipinski definition) is 7. The molecule has 2 aliphatic heterocycles. The second kappa shape index (κ2) is 8.63. The summed E-state index contributed by atoms with van der Waals surface area (Å²) in [4.78, 5) is 12.6. The average Bonchev–Trinajstić information content (AvgIpc) is 2.72. The molecule has 0 spiro atoms. The Bertz CT molecular complexity index is 786. The lowest BCUT2D eigenvalue weighted by Gasteiger charge is -2.47. The van der Waals surface area contributed by atoms with Crippen LogP contribution in [0.4, 0.5) is 0 Å². The van der Waals surface area contributed by atoms with Gasteiger partial charge in [0, 0.05) is 17.4 Å². The van der Waals surface area contributed by atoms with Crippen LogP contribution in [0.5, 0.6) is 0 Å². The van der Waals surface area contributed by atoms with Crippen LogP contribution in [0, 0.1) is 0 Å². The van der Waals surface area contributed by atoms with Crippen LogP contribution in [0.2, 0.25) is 0 Å². The Hall–Kier alpha value is -1.90. The van der Waals surface area contributed by atoms with Crippen LogP contribution >= 0.6 is 11.8 Å². The Morgan fingerprint density at radius 1 is 1.07 bits per heavy atom. The molecule has 0 radical (unpaired) electrons. The smallest absolute Gasteiger partial charge is 0.303 e. The van der Waals surface area contributed by atoms with Gasteiger partial charge in [0.2, 0.25) is 0 Å². The summed E-state index contributed by atoms with van der Waals surface area (Å²) in [7, 11) is 0. The van der Waals surface area contributed by atoms with Crippen molar-refractivity contribution in [1.29, 1.82) is 0 Å². The van der Waals surface area contributed by atoms with E-state index in [0.717, 1.165) is 10.5 Å².